The monoisotopic (exact) mass is 435 g/mol. The maximum absolute atomic E-state index is 4.98. The number of hydrogen-bond acceptors (Lipinski definition) is 3. The van der Waals surface area contributed by atoms with Crippen LogP contribution in [0.15, 0.2) is 73.1 Å². The molecule has 0 amide bonds. The number of rotatable bonds is 5. The minimum Gasteiger partial charge on any atom is -0.297 e. The van der Waals surface area contributed by atoms with Crippen molar-refractivity contribution in [1.82, 2.24) is 24.3 Å². The summed E-state index contributed by atoms with van der Waals surface area (Å²) in [5.41, 5.74) is 7.84. The molecule has 2 aromatic heterocycles. The summed E-state index contributed by atoms with van der Waals surface area (Å²) in [4.78, 5) is 4.98. The van der Waals surface area contributed by atoms with Crippen LogP contribution in [-0.4, -0.2) is 24.3 Å². The molecule has 0 unspecified atom stereocenters. The molecule has 0 fully saturated rings. The van der Waals surface area contributed by atoms with Gasteiger partial charge in [0.15, 0.2) is 5.82 Å². The molecule has 5 nitrogen and oxygen atoms in total. The summed E-state index contributed by atoms with van der Waals surface area (Å²) in [6.07, 6.45) is 1.84. The van der Waals surface area contributed by atoms with Crippen LogP contribution < -0.4 is 0 Å². The van der Waals surface area contributed by atoms with Gasteiger partial charge in [0.2, 0.25) is 0 Å². The van der Waals surface area contributed by atoms with E-state index in [0.717, 1.165) is 33.9 Å². The molecule has 0 radical (unpaired) electrons. The third-order valence-electron chi connectivity index (χ3n) is 6.24. The van der Waals surface area contributed by atoms with Gasteiger partial charge in [0.05, 0.1) is 11.2 Å². The normalized spacial score (nSPS) is 11.7. The van der Waals surface area contributed by atoms with E-state index in [9.17, 15) is 0 Å². The second-order valence-corrected chi connectivity index (χ2v) is 9.12. The first-order chi connectivity index (χ1) is 16.0. The van der Waals surface area contributed by atoms with Gasteiger partial charge in [-0.3, -0.25) is 9.13 Å². The SMILES string of the molecule is Cc1nc2c(-c3nncn3-c3c(C(C)C)cccc3C(C)C)cccc2n1-c1ccccc1. The molecule has 33 heavy (non-hydrogen) atoms. The van der Waals surface area contributed by atoms with Gasteiger partial charge in [-0.25, -0.2) is 4.98 Å². The van der Waals surface area contributed by atoms with Gasteiger partial charge >= 0.3 is 0 Å². The minimum absolute atomic E-state index is 0.379. The van der Waals surface area contributed by atoms with Crippen molar-refractivity contribution in [3.8, 4) is 22.8 Å². The molecule has 0 aliphatic heterocycles. The van der Waals surface area contributed by atoms with Gasteiger partial charge in [0.1, 0.15) is 17.7 Å². The minimum atomic E-state index is 0.379. The summed E-state index contributed by atoms with van der Waals surface area (Å²) in [5.74, 6) is 2.52. The van der Waals surface area contributed by atoms with Gasteiger partial charge < -0.3 is 0 Å². The Hall–Kier alpha value is -3.73. The van der Waals surface area contributed by atoms with Crippen LogP contribution in [0.1, 0.15) is 56.5 Å². The predicted octanol–water partition coefficient (Wildman–Crippen LogP) is 6.83. The zero-order chi connectivity index (χ0) is 23.1. The van der Waals surface area contributed by atoms with Crippen LogP contribution in [-0.2, 0) is 0 Å². The fourth-order valence-electron chi connectivity index (χ4n) is 4.67. The van der Waals surface area contributed by atoms with Crippen molar-refractivity contribution < 1.29 is 0 Å². The van der Waals surface area contributed by atoms with E-state index < -0.39 is 0 Å². The number of para-hydroxylation sites is 3. The van der Waals surface area contributed by atoms with Crippen LogP contribution in [0.2, 0.25) is 0 Å². The van der Waals surface area contributed by atoms with Crippen molar-refractivity contribution in [3.05, 3.63) is 90.0 Å². The average molecular weight is 436 g/mol. The first kappa shape index (κ1) is 21.1. The molecule has 166 valence electrons. The van der Waals surface area contributed by atoms with E-state index >= 15 is 0 Å². The third-order valence-corrected chi connectivity index (χ3v) is 6.24. The highest BCUT2D eigenvalue weighted by Gasteiger charge is 2.22. The average Bonchev–Trinajstić information content (AvgIpc) is 3.42. The van der Waals surface area contributed by atoms with Gasteiger partial charge in [0, 0.05) is 11.3 Å². The second-order valence-electron chi connectivity index (χ2n) is 9.12. The zero-order valence-corrected chi connectivity index (χ0v) is 19.8. The van der Waals surface area contributed by atoms with E-state index in [1.807, 2.05) is 19.3 Å². The molecule has 0 saturated carbocycles. The fourth-order valence-corrected chi connectivity index (χ4v) is 4.67. The molecule has 0 N–H and O–H groups in total. The van der Waals surface area contributed by atoms with Crippen molar-refractivity contribution >= 4 is 11.0 Å². The maximum atomic E-state index is 4.98. The Morgan fingerprint density at radius 1 is 0.758 bits per heavy atom. The standard InChI is InChI=1S/C28H29N5/c1-18(2)22-13-9-14-23(19(3)4)27(22)32-17-29-31-28(32)24-15-10-16-25-26(24)30-20(5)33(25)21-11-7-6-8-12-21/h6-19H,1-5H3. The fraction of sp³-hybridized carbons (Fsp3) is 0.250. The summed E-state index contributed by atoms with van der Waals surface area (Å²) in [6.45, 7) is 11.0. The number of fused-ring (bicyclic) bond motifs is 1. The highest BCUT2D eigenvalue weighted by molar-refractivity contribution is 5.92. The number of hydrogen-bond donors (Lipinski definition) is 0. The Morgan fingerprint density at radius 2 is 1.42 bits per heavy atom. The molecule has 0 aliphatic rings. The van der Waals surface area contributed by atoms with Crippen LogP contribution in [0.5, 0.6) is 0 Å². The first-order valence-electron chi connectivity index (χ1n) is 11.5. The van der Waals surface area contributed by atoms with E-state index in [-0.39, 0.29) is 0 Å². The first-order valence-corrected chi connectivity index (χ1v) is 11.5. The number of imidazole rings is 1. The highest BCUT2D eigenvalue weighted by atomic mass is 15.3. The Kier molecular flexibility index (Phi) is 5.33. The number of aromatic nitrogens is 5. The molecule has 3 aromatic carbocycles. The predicted molar refractivity (Wildman–Crippen MR) is 134 cm³/mol. The van der Waals surface area contributed by atoms with E-state index in [2.05, 4.69) is 108 Å². The lowest BCUT2D eigenvalue weighted by Gasteiger charge is -2.21. The number of nitrogens with zero attached hydrogens (tertiary/aromatic N) is 5. The van der Waals surface area contributed by atoms with Crippen LogP contribution in [0.25, 0.3) is 33.8 Å². The Morgan fingerprint density at radius 3 is 2.09 bits per heavy atom. The topological polar surface area (TPSA) is 48.5 Å². The number of aryl methyl sites for hydroxylation is 1. The van der Waals surface area contributed by atoms with Crippen molar-refractivity contribution in [3.63, 3.8) is 0 Å². The van der Waals surface area contributed by atoms with E-state index in [0.29, 0.717) is 11.8 Å². The molecule has 5 heteroatoms. The van der Waals surface area contributed by atoms with Crippen LogP contribution in [0.4, 0.5) is 0 Å². The van der Waals surface area contributed by atoms with Crippen molar-refractivity contribution in [1.29, 1.82) is 0 Å². The molecule has 0 spiro atoms. The molecular weight excluding hydrogens is 406 g/mol. The Labute approximate surface area is 194 Å². The molecule has 2 heterocycles. The van der Waals surface area contributed by atoms with E-state index in [1.54, 1.807) is 0 Å². The van der Waals surface area contributed by atoms with Gasteiger partial charge in [-0.05, 0) is 54.2 Å². The molecule has 0 atom stereocenters. The van der Waals surface area contributed by atoms with Crippen molar-refractivity contribution in [2.75, 3.05) is 0 Å². The molecule has 0 saturated heterocycles. The lowest BCUT2D eigenvalue weighted by molar-refractivity contribution is 0.806. The van der Waals surface area contributed by atoms with Gasteiger partial charge in [-0.2, -0.15) is 0 Å². The van der Waals surface area contributed by atoms with Gasteiger partial charge in [-0.15, -0.1) is 10.2 Å². The quantitative estimate of drug-likeness (QED) is 0.304. The molecule has 5 aromatic rings. The summed E-state index contributed by atoms with van der Waals surface area (Å²) < 4.78 is 4.34. The van der Waals surface area contributed by atoms with Crippen LogP contribution >= 0.6 is 0 Å². The van der Waals surface area contributed by atoms with Crippen LogP contribution in [0, 0.1) is 6.92 Å². The molecule has 0 bridgehead atoms. The lowest BCUT2D eigenvalue weighted by atomic mass is 9.92. The Balaban J connectivity index is 1.77. The van der Waals surface area contributed by atoms with Crippen molar-refractivity contribution in [2.45, 2.75) is 46.5 Å². The second kappa shape index (κ2) is 8.32. The van der Waals surface area contributed by atoms with Gasteiger partial charge in [0.25, 0.3) is 0 Å². The molecule has 0 aliphatic carbocycles. The molecular formula is C28H29N5. The maximum Gasteiger partial charge on any atom is 0.170 e. The Bertz CT molecular complexity index is 1400. The number of benzene rings is 3. The van der Waals surface area contributed by atoms with E-state index in [4.69, 9.17) is 4.98 Å². The lowest BCUT2D eigenvalue weighted by Crippen LogP contribution is -2.08. The zero-order valence-electron chi connectivity index (χ0n) is 19.8. The van der Waals surface area contributed by atoms with Gasteiger partial charge in [-0.1, -0.05) is 70.2 Å². The largest absolute Gasteiger partial charge is 0.297 e. The third kappa shape index (κ3) is 3.54. The van der Waals surface area contributed by atoms with E-state index in [1.165, 1.54) is 16.8 Å². The molecule has 5 rings (SSSR count). The summed E-state index contributed by atoms with van der Waals surface area (Å²) >= 11 is 0. The summed E-state index contributed by atoms with van der Waals surface area (Å²) in [7, 11) is 0. The van der Waals surface area contributed by atoms with Crippen molar-refractivity contribution in [2.24, 2.45) is 0 Å². The highest BCUT2D eigenvalue weighted by Crippen LogP contribution is 2.35. The smallest absolute Gasteiger partial charge is 0.170 e. The summed E-state index contributed by atoms with van der Waals surface area (Å²) in [5, 5.41) is 8.94. The summed E-state index contributed by atoms with van der Waals surface area (Å²) in [6, 6.07) is 23.2. The van der Waals surface area contributed by atoms with Crippen LogP contribution in [0.3, 0.4) is 0 Å².